The van der Waals surface area contributed by atoms with Gasteiger partial charge in [-0.1, -0.05) is 6.07 Å². The fraction of sp³-hybridized carbons (Fsp3) is 0.167. The molecular weight excluding hydrogens is 281 g/mol. The molecule has 0 spiro atoms. The number of ether oxygens (including phenoxy) is 1. The molecule has 3 aromatic rings. The molecule has 0 unspecified atom stereocenters. The van der Waals surface area contributed by atoms with Crippen LogP contribution in [0.3, 0.4) is 0 Å². The monoisotopic (exact) mass is 297 g/mol. The molecule has 0 fully saturated rings. The maximum Gasteiger partial charge on any atom is 0.130 e. The first-order valence-electron chi connectivity index (χ1n) is 6.98. The first kappa shape index (κ1) is 14.5. The molecule has 112 valence electrons. The zero-order valence-corrected chi connectivity index (χ0v) is 12.4. The SMILES string of the molecule is CC(C)(O)c1cnc2cc(Oc3cccc(F)c3)ccc2c1. The highest BCUT2D eigenvalue weighted by Crippen LogP contribution is 2.27. The standard InChI is InChI=1S/C18H16FNO2/c1-18(2,21)13-8-12-6-7-16(10-17(12)20-11-13)22-15-5-3-4-14(19)9-15/h3-11,21H,1-2H3. The highest BCUT2D eigenvalue weighted by atomic mass is 19.1. The summed E-state index contributed by atoms with van der Waals surface area (Å²) >= 11 is 0. The number of aromatic nitrogens is 1. The number of pyridine rings is 1. The van der Waals surface area contributed by atoms with Gasteiger partial charge in [-0.2, -0.15) is 0 Å². The van der Waals surface area contributed by atoms with Gasteiger partial charge in [0.15, 0.2) is 0 Å². The minimum Gasteiger partial charge on any atom is -0.457 e. The zero-order chi connectivity index (χ0) is 15.7. The molecule has 1 N–H and O–H groups in total. The van der Waals surface area contributed by atoms with E-state index in [1.807, 2.05) is 12.1 Å². The van der Waals surface area contributed by atoms with Crippen molar-refractivity contribution in [3.05, 3.63) is 66.1 Å². The fourth-order valence-electron chi connectivity index (χ4n) is 2.17. The van der Waals surface area contributed by atoms with Gasteiger partial charge in [0.1, 0.15) is 17.3 Å². The van der Waals surface area contributed by atoms with E-state index in [9.17, 15) is 9.50 Å². The van der Waals surface area contributed by atoms with Gasteiger partial charge in [0, 0.05) is 29.3 Å². The van der Waals surface area contributed by atoms with E-state index in [1.54, 1.807) is 44.3 Å². The third-order valence-electron chi connectivity index (χ3n) is 3.39. The number of halogens is 1. The van der Waals surface area contributed by atoms with E-state index in [2.05, 4.69) is 4.98 Å². The highest BCUT2D eigenvalue weighted by Gasteiger charge is 2.16. The van der Waals surface area contributed by atoms with Crippen molar-refractivity contribution in [3.63, 3.8) is 0 Å². The minimum absolute atomic E-state index is 0.341. The molecule has 0 aliphatic rings. The molecule has 0 aliphatic carbocycles. The number of benzene rings is 2. The van der Waals surface area contributed by atoms with Gasteiger partial charge in [-0.15, -0.1) is 0 Å². The Bertz CT molecular complexity index is 825. The molecule has 4 heteroatoms. The molecule has 1 aromatic heterocycles. The van der Waals surface area contributed by atoms with Crippen LogP contribution in [0.4, 0.5) is 4.39 Å². The summed E-state index contributed by atoms with van der Waals surface area (Å²) in [6.45, 7) is 3.44. The predicted octanol–water partition coefficient (Wildman–Crippen LogP) is 4.39. The Morgan fingerprint density at radius 3 is 2.55 bits per heavy atom. The zero-order valence-electron chi connectivity index (χ0n) is 12.4. The fourth-order valence-corrected chi connectivity index (χ4v) is 2.17. The lowest BCUT2D eigenvalue weighted by Gasteiger charge is -2.17. The molecule has 0 radical (unpaired) electrons. The molecule has 2 aromatic carbocycles. The normalized spacial score (nSPS) is 11.6. The Balaban J connectivity index is 1.93. The Labute approximate surface area is 128 Å². The summed E-state index contributed by atoms with van der Waals surface area (Å²) in [5.41, 5.74) is 0.568. The van der Waals surface area contributed by atoms with E-state index in [0.717, 1.165) is 16.5 Å². The average molecular weight is 297 g/mol. The smallest absolute Gasteiger partial charge is 0.130 e. The Kier molecular flexibility index (Phi) is 3.54. The van der Waals surface area contributed by atoms with E-state index >= 15 is 0 Å². The molecule has 0 bridgehead atoms. The van der Waals surface area contributed by atoms with Crippen molar-refractivity contribution in [2.24, 2.45) is 0 Å². The van der Waals surface area contributed by atoms with Gasteiger partial charge in [0.25, 0.3) is 0 Å². The second-order valence-electron chi connectivity index (χ2n) is 5.70. The van der Waals surface area contributed by atoms with Gasteiger partial charge in [0.05, 0.1) is 11.1 Å². The van der Waals surface area contributed by atoms with Crippen LogP contribution in [0.1, 0.15) is 19.4 Å². The number of hydrogen-bond acceptors (Lipinski definition) is 3. The van der Waals surface area contributed by atoms with Gasteiger partial charge in [-0.05, 0) is 44.2 Å². The van der Waals surface area contributed by atoms with Crippen LogP contribution in [-0.2, 0) is 5.60 Å². The number of aliphatic hydroxyl groups is 1. The van der Waals surface area contributed by atoms with Crippen molar-refractivity contribution >= 4 is 10.9 Å². The topological polar surface area (TPSA) is 42.4 Å². The number of hydrogen-bond donors (Lipinski definition) is 1. The molecule has 0 saturated heterocycles. The molecule has 22 heavy (non-hydrogen) atoms. The van der Waals surface area contributed by atoms with E-state index in [1.165, 1.54) is 12.1 Å². The van der Waals surface area contributed by atoms with E-state index < -0.39 is 5.60 Å². The van der Waals surface area contributed by atoms with Crippen LogP contribution >= 0.6 is 0 Å². The average Bonchev–Trinajstić information content (AvgIpc) is 2.45. The largest absolute Gasteiger partial charge is 0.457 e. The van der Waals surface area contributed by atoms with E-state index in [4.69, 9.17) is 4.74 Å². The van der Waals surface area contributed by atoms with Crippen molar-refractivity contribution in [1.29, 1.82) is 0 Å². The first-order valence-corrected chi connectivity index (χ1v) is 6.98. The summed E-state index contributed by atoms with van der Waals surface area (Å²) in [5, 5.41) is 10.9. The van der Waals surface area contributed by atoms with Gasteiger partial charge < -0.3 is 9.84 Å². The predicted molar refractivity (Wildman–Crippen MR) is 83.5 cm³/mol. The quantitative estimate of drug-likeness (QED) is 0.779. The van der Waals surface area contributed by atoms with Crippen LogP contribution in [0, 0.1) is 5.82 Å². The van der Waals surface area contributed by atoms with E-state index in [0.29, 0.717) is 11.5 Å². The lowest BCUT2D eigenvalue weighted by atomic mass is 9.99. The summed E-state index contributed by atoms with van der Waals surface area (Å²) in [6.07, 6.45) is 1.65. The lowest BCUT2D eigenvalue weighted by molar-refractivity contribution is 0.0784. The van der Waals surface area contributed by atoms with Gasteiger partial charge >= 0.3 is 0 Å². The van der Waals surface area contributed by atoms with Crippen molar-refractivity contribution < 1.29 is 14.2 Å². The van der Waals surface area contributed by atoms with Crippen molar-refractivity contribution in [2.45, 2.75) is 19.4 Å². The van der Waals surface area contributed by atoms with Crippen LogP contribution in [0.5, 0.6) is 11.5 Å². The summed E-state index contributed by atoms with van der Waals surface area (Å²) in [5.74, 6) is 0.681. The van der Waals surface area contributed by atoms with Crippen LogP contribution in [-0.4, -0.2) is 10.1 Å². The molecule has 0 amide bonds. The molecular formula is C18H16FNO2. The first-order chi connectivity index (χ1) is 10.4. The second kappa shape index (κ2) is 5.39. The van der Waals surface area contributed by atoms with Gasteiger partial charge in [-0.25, -0.2) is 4.39 Å². The maximum atomic E-state index is 13.2. The molecule has 3 nitrogen and oxygen atoms in total. The third kappa shape index (κ3) is 3.07. The maximum absolute atomic E-state index is 13.2. The van der Waals surface area contributed by atoms with E-state index in [-0.39, 0.29) is 5.82 Å². The molecule has 1 heterocycles. The van der Waals surface area contributed by atoms with Gasteiger partial charge in [-0.3, -0.25) is 4.98 Å². The lowest BCUT2D eigenvalue weighted by Crippen LogP contribution is -2.15. The van der Waals surface area contributed by atoms with Crippen molar-refractivity contribution in [2.75, 3.05) is 0 Å². The molecule has 0 aliphatic heterocycles. The summed E-state index contributed by atoms with van der Waals surface area (Å²) in [6, 6.07) is 13.3. The summed E-state index contributed by atoms with van der Waals surface area (Å²) < 4.78 is 18.8. The van der Waals surface area contributed by atoms with Crippen LogP contribution in [0.2, 0.25) is 0 Å². The minimum atomic E-state index is -0.933. The Morgan fingerprint density at radius 2 is 1.82 bits per heavy atom. The third-order valence-corrected chi connectivity index (χ3v) is 3.39. The Morgan fingerprint density at radius 1 is 1.05 bits per heavy atom. The molecule has 3 rings (SSSR count). The number of rotatable bonds is 3. The number of fused-ring (bicyclic) bond motifs is 1. The molecule has 0 saturated carbocycles. The summed E-state index contributed by atoms with van der Waals surface area (Å²) in [4.78, 5) is 4.35. The highest BCUT2D eigenvalue weighted by molar-refractivity contribution is 5.80. The molecule has 0 atom stereocenters. The second-order valence-corrected chi connectivity index (χ2v) is 5.70. The summed E-state index contributed by atoms with van der Waals surface area (Å²) in [7, 11) is 0. The van der Waals surface area contributed by atoms with Crippen LogP contribution in [0.15, 0.2) is 54.7 Å². The van der Waals surface area contributed by atoms with Crippen molar-refractivity contribution in [1.82, 2.24) is 4.98 Å². The van der Waals surface area contributed by atoms with Crippen LogP contribution < -0.4 is 4.74 Å². The van der Waals surface area contributed by atoms with Crippen molar-refractivity contribution in [3.8, 4) is 11.5 Å². The van der Waals surface area contributed by atoms with Gasteiger partial charge in [0.2, 0.25) is 0 Å². The Hall–Kier alpha value is -2.46. The number of nitrogens with zero attached hydrogens (tertiary/aromatic N) is 1. The van der Waals surface area contributed by atoms with Crippen LogP contribution in [0.25, 0.3) is 10.9 Å².